The van der Waals surface area contributed by atoms with Gasteiger partial charge in [0.25, 0.3) is 0 Å². The minimum Gasteiger partial charge on any atom is -0.306 e. The molecule has 0 amide bonds. The van der Waals surface area contributed by atoms with Gasteiger partial charge in [-0.05, 0) is 80.9 Å². The largest absolute Gasteiger partial charge is 0.306 e. The van der Waals surface area contributed by atoms with Crippen molar-refractivity contribution in [2.75, 3.05) is 0 Å². The van der Waals surface area contributed by atoms with Crippen molar-refractivity contribution in [2.24, 2.45) is 0 Å². The van der Waals surface area contributed by atoms with Crippen LogP contribution in [0.25, 0.3) is 77.5 Å². The molecule has 0 spiro atoms. The first-order chi connectivity index (χ1) is 24.4. The van der Waals surface area contributed by atoms with Crippen molar-refractivity contribution in [3.63, 3.8) is 0 Å². The van der Waals surface area contributed by atoms with Gasteiger partial charge in [0.15, 0.2) is 0 Å². The maximum atomic E-state index is 4.89. The number of aromatic nitrogens is 6. The molecule has 2 aliphatic rings. The Morgan fingerprint density at radius 3 is 1.30 bits per heavy atom. The average molecular weight is 645 g/mol. The Morgan fingerprint density at radius 2 is 0.860 bits per heavy atom. The summed E-state index contributed by atoms with van der Waals surface area (Å²) in [6, 6.07) is 35.5. The van der Waals surface area contributed by atoms with Crippen LogP contribution >= 0.6 is 0 Å². The highest BCUT2D eigenvalue weighted by Gasteiger charge is 2.39. The molecule has 4 aromatic heterocycles. The van der Waals surface area contributed by atoms with E-state index in [2.05, 4.69) is 144 Å². The molecular formula is C44H32N6. The molecule has 0 bridgehead atoms. The molecule has 6 heteroatoms. The van der Waals surface area contributed by atoms with E-state index in [-0.39, 0.29) is 10.8 Å². The van der Waals surface area contributed by atoms with E-state index in [1.807, 2.05) is 12.4 Å². The Hall–Kier alpha value is -6.14. The van der Waals surface area contributed by atoms with Crippen LogP contribution in [-0.4, -0.2) is 29.1 Å². The summed E-state index contributed by atoms with van der Waals surface area (Å²) in [5, 5.41) is 2.39. The fourth-order valence-electron chi connectivity index (χ4n) is 9.50. The van der Waals surface area contributed by atoms with Gasteiger partial charge in [0, 0.05) is 33.0 Å². The fourth-order valence-corrected chi connectivity index (χ4v) is 9.50. The lowest BCUT2D eigenvalue weighted by molar-refractivity contribution is 0.666. The summed E-state index contributed by atoms with van der Waals surface area (Å²) in [7, 11) is 0. The van der Waals surface area contributed by atoms with E-state index in [0.717, 1.165) is 44.5 Å². The maximum absolute atomic E-state index is 4.89. The molecule has 0 unspecified atom stereocenters. The zero-order valence-corrected chi connectivity index (χ0v) is 28.2. The lowest BCUT2D eigenvalue weighted by Gasteiger charge is -2.22. The summed E-state index contributed by atoms with van der Waals surface area (Å²) in [5.41, 5.74) is 18.6. The number of nitrogens with zero attached hydrogens (tertiary/aromatic N) is 6. The number of fused-ring (bicyclic) bond motifs is 14. The summed E-state index contributed by atoms with van der Waals surface area (Å²) in [6.45, 7) is 9.34. The van der Waals surface area contributed by atoms with E-state index in [0.29, 0.717) is 0 Å². The maximum Gasteiger partial charge on any atom is 0.116 e. The monoisotopic (exact) mass is 644 g/mol. The smallest absolute Gasteiger partial charge is 0.116 e. The molecule has 4 heterocycles. The van der Waals surface area contributed by atoms with Crippen molar-refractivity contribution in [1.82, 2.24) is 29.1 Å². The van der Waals surface area contributed by atoms with Gasteiger partial charge in [-0.3, -0.25) is 0 Å². The van der Waals surface area contributed by atoms with E-state index in [1.165, 1.54) is 55.3 Å². The average Bonchev–Trinajstić information content (AvgIpc) is 3.81. The molecule has 0 aliphatic heterocycles. The summed E-state index contributed by atoms with van der Waals surface area (Å²) in [4.78, 5) is 18.8. The summed E-state index contributed by atoms with van der Waals surface area (Å²) in [6.07, 6.45) is 7.24. The van der Waals surface area contributed by atoms with Crippen LogP contribution in [0.15, 0.2) is 122 Å². The number of rotatable bonds is 2. The van der Waals surface area contributed by atoms with Crippen LogP contribution in [0.1, 0.15) is 49.9 Å². The van der Waals surface area contributed by atoms with Gasteiger partial charge < -0.3 is 9.13 Å². The van der Waals surface area contributed by atoms with Crippen LogP contribution in [0.5, 0.6) is 0 Å². The molecule has 0 atom stereocenters. The molecule has 11 rings (SSSR count). The van der Waals surface area contributed by atoms with Crippen LogP contribution in [0.4, 0.5) is 0 Å². The van der Waals surface area contributed by atoms with Gasteiger partial charge in [0.1, 0.15) is 23.7 Å². The van der Waals surface area contributed by atoms with Crippen molar-refractivity contribution in [3.8, 4) is 33.6 Å². The highest BCUT2D eigenvalue weighted by atomic mass is 15.0. The molecule has 0 saturated carbocycles. The first kappa shape index (κ1) is 27.8. The minimum atomic E-state index is -0.159. The van der Waals surface area contributed by atoms with Crippen molar-refractivity contribution >= 4 is 43.9 Å². The third-order valence-electron chi connectivity index (χ3n) is 11.6. The number of benzene rings is 5. The molecule has 2 aliphatic carbocycles. The van der Waals surface area contributed by atoms with Crippen molar-refractivity contribution in [2.45, 2.75) is 38.5 Å². The predicted octanol–water partition coefficient (Wildman–Crippen LogP) is 10.1. The van der Waals surface area contributed by atoms with Gasteiger partial charge >= 0.3 is 0 Å². The third kappa shape index (κ3) is 3.28. The molecule has 238 valence electrons. The van der Waals surface area contributed by atoms with Crippen molar-refractivity contribution in [3.05, 3.63) is 144 Å². The normalized spacial score (nSPS) is 15.1. The molecule has 5 aromatic carbocycles. The topological polar surface area (TPSA) is 61.4 Å². The lowest BCUT2D eigenvalue weighted by Crippen LogP contribution is -2.15. The van der Waals surface area contributed by atoms with Gasteiger partial charge in [0.2, 0.25) is 0 Å². The second-order valence-electron chi connectivity index (χ2n) is 14.8. The van der Waals surface area contributed by atoms with Crippen LogP contribution in [-0.2, 0) is 10.8 Å². The van der Waals surface area contributed by atoms with E-state index in [4.69, 9.17) is 9.97 Å². The van der Waals surface area contributed by atoms with Gasteiger partial charge in [-0.1, -0.05) is 88.4 Å². The quantitative estimate of drug-likeness (QED) is 0.188. The Balaban J connectivity index is 1.12. The SMILES string of the molecule is CC1(C)c2ccccc2-c2ccc3c(c21)c1ncncc1n3-c1ccc(-n2c3cncnc3c3c4c(ccc32)-c2ccccc2C4(C)C)cc1. The Morgan fingerprint density at radius 1 is 0.440 bits per heavy atom. The highest BCUT2D eigenvalue weighted by Crippen LogP contribution is 2.54. The van der Waals surface area contributed by atoms with Crippen LogP contribution < -0.4 is 0 Å². The van der Waals surface area contributed by atoms with Crippen LogP contribution in [0.2, 0.25) is 0 Å². The lowest BCUT2D eigenvalue weighted by atomic mass is 9.81. The molecule has 9 aromatic rings. The van der Waals surface area contributed by atoms with Gasteiger partial charge in [0.05, 0.1) is 34.5 Å². The highest BCUT2D eigenvalue weighted by molar-refractivity contribution is 6.14. The van der Waals surface area contributed by atoms with Crippen LogP contribution in [0, 0.1) is 0 Å². The Bertz CT molecular complexity index is 2720. The zero-order valence-electron chi connectivity index (χ0n) is 28.2. The Labute approximate surface area is 288 Å². The molecule has 50 heavy (non-hydrogen) atoms. The van der Waals surface area contributed by atoms with E-state index in [9.17, 15) is 0 Å². The molecule has 0 fully saturated rings. The summed E-state index contributed by atoms with van der Waals surface area (Å²) in [5.74, 6) is 0. The number of hydrogen-bond acceptors (Lipinski definition) is 4. The number of hydrogen-bond donors (Lipinski definition) is 0. The van der Waals surface area contributed by atoms with E-state index < -0.39 is 0 Å². The predicted molar refractivity (Wildman–Crippen MR) is 201 cm³/mol. The van der Waals surface area contributed by atoms with Gasteiger partial charge in [-0.25, -0.2) is 19.9 Å². The standard InChI is InChI=1S/C44H32N6/c1-43(2)31-11-7-5-9-27(31)29-17-19-33-37(39(29)43)41-35(21-45-23-47-41)49(33)25-13-15-26(16-14-25)50-34-20-18-30-28-10-6-8-12-32(28)44(3,4)40(30)38(34)42-36(50)22-46-24-48-42/h5-24H,1-4H3. The molecule has 0 saturated heterocycles. The first-order valence-electron chi connectivity index (χ1n) is 17.2. The Kier molecular flexibility index (Phi) is 5.17. The molecular weight excluding hydrogens is 613 g/mol. The van der Waals surface area contributed by atoms with E-state index in [1.54, 1.807) is 12.7 Å². The van der Waals surface area contributed by atoms with E-state index >= 15 is 0 Å². The minimum absolute atomic E-state index is 0.159. The van der Waals surface area contributed by atoms with Crippen molar-refractivity contribution in [1.29, 1.82) is 0 Å². The van der Waals surface area contributed by atoms with Gasteiger partial charge in [-0.15, -0.1) is 0 Å². The second-order valence-corrected chi connectivity index (χ2v) is 14.8. The van der Waals surface area contributed by atoms with Gasteiger partial charge in [-0.2, -0.15) is 0 Å². The summed E-state index contributed by atoms with van der Waals surface area (Å²) < 4.78 is 4.63. The molecule has 0 N–H and O–H groups in total. The second kappa shape index (κ2) is 9.30. The summed E-state index contributed by atoms with van der Waals surface area (Å²) >= 11 is 0. The van der Waals surface area contributed by atoms with Crippen LogP contribution in [0.3, 0.4) is 0 Å². The molecule has 6 nitrogen and oxygen atoms in total. The molecule has 0 radical (unpaired) electrons. The van der Waals surface area contributed by atoms with Crippen molar-refractivity contribution < 1.29 is 0 Å². The zero-order chi connectivity index (χ0) is 33.5. The fraction of sp³-hybridized carbons (Fsp3) is 0.136. The first-order valence-corrected chi connectivity index (χ1v) is 17.2. The third-order valence-corrected chi connectivity index (χ3v) is 11.6.